The fourth-order valence-corrected chi connectivity index (χ4v) is 7.64. The van der Waals surface area contributed by atoms with Gasteiger partial charge in [0.05, 0.1) is 27.8 Å². The summed E-state index contributed by atoms with van der Waals surface area (Å²) < 4.78 is 60.6. The summed E-state index contributed by atoms with van der Waals surface area (Å²) in [6.07, 6.45) is 0. The molecule has 2 amide bonds. The van der Waals surface area contributed by atoms with E-state index in [0.717, 1.165) is 42.1 Å². The van der Waals surface area contributed by atoms with Gasteiger partial charge >= 0.3 is 5.97 Å². The Bertz CT molecular complexity index is 1880. The molecule has 254 valence electrons. The number of esters is 1. The predicted octanol–water partition coefficient (Wildman–Crippen LogP) is 5.53. The topological polar surface area (TPSA) is 173 Å². The summed E-state index contributed by atoms with van der Waals surface area (Å²) in [5, 5.41) is 10.6. The molecule has 15 heteroatoms. The maximum atomic E-state index is 13.2. The van der Waals surface area contributed by atoms with Crippen molar-refractivity contribution in [2.45, 2.75) is 74.0 Å². The highest BCUT2D eigenvalue weighted by atomic mass is 35.5. The Morgan fingerprint density at radius 2 is 1.34 bits per heavy atom. The van der Waals surface area contributed by atoms with Gasteiger partial charge in [-0.1, -0.05) is 53.1 Å². The minimum atomic E-state index is -4.59. The number of carbonyl (C=O) groups excluding carboxylic acids is 3. The SMILES string of the molecule is CCOC(=O)c1ccc(S(=O)(=O)NC(=O)c2ccc(Cl)c(S(=O)(=O)NC(=O)CSc3cc(C(C)(C)C)c(O)c(C(C)(C)C)c3)c2)cc1. The summed E-state index contributed by atoms with van der Waals surface area (Å²) in [7, 11) is -9.02. The van der Waals surface area contributed by atoms with Crippen molar-refractivity contribution in [3.05, 3.63) is 81.9 Å². The third-order valence-corrected chi connectivity index (χ3v) is 10.9. The number of thioether (sulfide) groups is 1. The third-order valence-electron chi connectivity index (χ3n) is 6.70. The third kappa shape index (κ3) is 9.49. The lowest BCUT2D eigenvalue weighted by Crippen LogP contribution is -2.33. The summed E-state index contributed by atoms with van der Waals surface area (Å²) in [5.74, 6) is -2.82. The van der Waals surface area contributed by atoms with Gasteiger partial charge in [0.1, 0.15) is 10.6 Å². The molecule has 0 fully saturated rings. The van der Waals surface area contributed by atoms with Gasteiger partial charge in [0.2, 0.25) is 5.91 Å². The molecule has 0 aromatic heterocycles. The zero-order chi connectivity index (χ0) is 35.5. The smallest absolute Gasteiger partial charge is 0.338 e. The van der Waals surface area contributed by atoms with Crippen molar-refractivity contribution < 1.29 is 41.1 Å². The lowest BCUT2D eigenvalue weighted by atomic mass is 9.79. The van der Waals surface area contributed by atoms with Gasteiger partial charge in [-0.3, -0.25) is 9.59 Å². The number of rotatable bonds is 10. The van der Waals surface area contributed by atoms with Gasteiger partial charge in [-0.25, -0.2) is 31.1 Å². The van der Waals surface area contributed by atoms with E-state index in [4.69, 9.17) is 16.3 Å². The summed E-state index contributed by atoms with van der Waals surface area (Å²) in [4.78, 5) is 37.2. The summed E-state index contributed by atoms with van der Waals surface area (Å²) >= 11 is 7.20. The number of phenols is 1. The van der Waals surface area contributed by atoms with E-state index in [1.54, 1.807) is 19.1 Å². The number of amides is 2. The zero-order valence-corrected chi connectivity index (χ0v) is 30.1. The zero-order valence-electron chi connectivity index (χ0n) is 26.9. The van der Waals surface area contributed by atoms with Crippen LogP contribution in [0.5, 0.6) is 5.75 Å². The summed E-state index contributed by atoms with van der Waals surface area (Å²) in [6.45, 7) is 13.4. The second-order valence-corrected chi connectivity index (χ2v) is 17.3. The molecule has 0 bridgehead atoms. The molecule has 3 aromatic carbocycles. The number of sulfonamides is 2. The number of hydrogen-bond acceptors (Lipinski definition) is 10. The van der Waals surface area contributed by atoms with Gasteiger partial charge in [-0.2, -0.15) is 0 Å². The highest BCUT2D eigenvalue weighted by Crippen LogP contribution is 2.41. The van der Waals surface area contributed by atoms with Gasteiger partial charge in [-0.05, 0) is 72.4 Å². The van der Waals surface area contributed by atoms with Crippen LogP contribution in [0.25, 0.3) is 0 Å². The summed E-state index contributed by atoms with van der Waals surface area (Å²) in [5.41, 5.74) is 0.286. The van der Waals surface area contributed by atoms with E-state index >= 15 is 0 Å². The van der Waals surface area contributed by atoms with Crippen LogP contribution in [0, 0.1) is 0 Å². The number of aromatic hydroxyl groups is 1. The minimum absolute atomic E-state index is 0.109. The normalized spacial score (nSPS) is 12.3. The van der Waals surface area contributed by atoms with Crippen molar-refractivity contribution >= 4 is 61.2 Å². The molecule has 11 nitrogen and oxygen atoms in total. The van der Waals surface area contributed by atoms with Gasteiger partial charge in [0.25, 0.3) is 26.0 Å². The first kappa shape index (κ1) is 37.9. The average Bonchev–Trinajstić information content (AvgIpc) is 2.95. The van der Waals surface area contributed by atoms with Crippen LogP contribution in [-0.2, 0) is 40.4 Å². The molecule has 3 N–H and O–H groups in total. The molecule has 0 aliphatic rings. The first-order chi connectivity index (χ1) is 21.6. The number of carbonyl (C=O) groups is 3. The van der Waals surface area contributed by atoms with Crippen LogP contribution < -0.4 is 9.44 Å². The molecular weight excluding hydrogens is 688 g/mol. The number of benzene rings is 3. The Kier molecular flexibility index (Phi) is 11.5. The lowest BCUT2D eigenvalue weighted by Gasteiger charge is -2.28. The Morgan fingerprint density at radius 1 is 0.809 bits per heavy atom. The fraction of sp³-hybridized carbons (Fsp3) is 0.344. The molecule has 47 heavy (non-hydrogen) atoms. The Labute approximate surface area is 284 Å². The van der Waals surface area contributed by atoms with Gasteiger partial charge in [-0.15, -0.1) is 11.8 Å². The molecule has 0 aliphatic heterocycles. The van der Waals surface area contributed by atoms with Crippen molar-refractivity contribution in [1.29, 1.82) is 0 Å². The molecule has 3 rings (SSSR count). The quantitative estimate of drug-likeness (QED) is 0.178. The van der Waals surface area contributed by atoms with Crippen molar-refractivity contribution in [2.75, 3.05) is 12.4 Å². The van der Waals surface area contributed by atoms with Gasteiger partial charge in [0, 0.05) is 21.6 Å². The molecule has 3 aromatic rings. The molecule has 0 heterocycles. The first-order valence-corrected chi connectivity index (χ1v) is 18.6. The fourth-order valence-electron chi connectivity index (χ4n) is 4.29. The Balaban J connectivity index is 1.78. The number of hydrogen-bond donors (Lipinski definition) is 3. The van der Waals surface area contributed by atoms with Crippen LogP contribution in [0.2, 0.25) is 5.02 Å². The average molecular weight is 725 g/mol. The Hall–Kier alpha value is -3.59. The van der Waals surface area contributed by atoms with E-state index in [-0.39, 0.29) is 39.2 Å². The molecule has 0 radical (unpaired) electrons. The molecule has 0 saturated carbocycles. The number of halogens is 1. The van der Waals surface area contributed by atoms with Crippen LogP contribution in [0.4, 0.5) is 0 Å². The first-order valence-electron chi connectivity index (χ1n) is 14.3. The van der Waals surface area contributed by atoms with Crippen LogP contribution >= 0.6 is 23.4 Å². The molecule has 0 aliphatic carbocycles. The van der Waals surface area contributed by atoms with E-state index in [0.29, 0.717) is 16.0 Å². The van der Waals surface area contributed by atoms with E-state index in [2.05, 4.69) is 0 Å². The Morgan fingerprint density at radius 3 is 1.85 bits per heavy atom. The number of nitrogens with one attached hydrogen (secondary N) is 2. The molecule has 0 spiro atoms. The maximum Gasteiger partial charge on any atom is 0.338 e. The molecule has 0 unspecified atom stereocenters. The summed E-state index contributed by atoms with van der Waals surface area (Å²) in [6, 6.07) is 11.3. The molecular formula is C32H37ClN2O9S3. The highest BCUT2D eigenvalue weighted by Gasteiger charge is 2.28. The lowest BCUT2D eigenvalue weighted by molar-refractivity contribution is -0.116. The van der Waals surface area contributed by atoms with E-state index < -0.39 is 53.6 Å². The minimum Gasteiger partial charge on any atom is -0.507 e. The second kappa shape index (κ2) is 14.3. The monoisotopic (exact) mass is 724 g/mol. The molecule has 0 saturated heterocycles. The van der Waals surface area contributed by atoms with E-state index in [1.807, 2.05) is 51.0 Å². The molecule has 0 atom stereocenters. The largest absolute Gasteiger partial charge is 0.507 e. The number of ether oxygens (including phenoxy) is 1. The van der Waals surface area contributed by atoms with Crippen LogP contribution in [0.15, 0.2) is 69.3 Å². The van der Waals surface area contributed by atoms with Crippen LogP contribution in [0.3, 0.4) is 0 Å². The van der Waals surface area contributed by atoms with E-state index in [9.17, 15) is 36.3 Å². The van der Waals surface area contributed by atoms with Crippen LogP contribution in [0.1, 0.15) is 80.3 Å². The number of phenolic OH excluding ortho intramolecular Hbond substituents is 1. The van der Waals surface area contributed by atoms with Crippen molar-refractivity contribution in [3.63, 3.8) is 0 Å². The van der Waals surface area contributed by atoms with Crippen molar-refractivity contribution in [1.82, 2.24) is 9.44 Å². The maximum absolute atomic E-state index is 13.2. The van der Waals surface area contributed by atoms with Crippen molar-refractivity contribution in [3.8, 4) is 5.75 Å². The standard InChI is InChI=1S/C32H37ClN2O9S3/c1-8-44-30(39)19-9-12-22(13-10-19)46(40,41)35-29(38)20-11-14-25(33)26(15-20)47(42,43)34-27(36)18-45-21-16-23(31(2,3)4)28(37)24(17-21)32(5,6)7/h9-17,37H,8,18H2,1-7H3,(H,34,36)(H,35,38). The van der Waals surface area contributed by atoms with Crippen molar-refractivity contribution in [2.24, 2.45) is 0 Å². The van der Waals surface area contributed by atoms with Gasteiger partial charge in [0.15, 0.2) is 0 Å². The van der Waals surface area contributed by atoms with Gasteiger partial charge < -0.3 is 9.84 Å². The highest BCUT2D eigenvalue weighted by molar-refractivity contribution is 8.00. The van der Waals surface area contributed by atoms with E-state index in [1.165, 1.54) is 12.1 Å². The van der Waals surface area contributed by atoms with Crippen LogP contribution in [-0.4, -0.2) is 52.1 Å². The second-order valence-electron chi connectivity index (χ2n) is 12.5. The predicted molar refractivity (Wildman–Crippen MR) is 180 cm³/mol.